The van der Waals surface area contributed by atoms with Crippen LogP contribution in [0.4, 0.5) is 0 Å². The average Bonchev–Trinajstić information content (AvgIpc) is 2.81. The summed E-state index contributed by atoms with van der Waals surface area (Å²) in [5.74, 6) is -0.0142. The molecule has 2 N–H and O–H groups in total. The summed E-state index contributed by atoms with van der Waals surface area (Å²) >= 11 is 0. The minimum atomic E-state index is -0.778. The number of allylic oxidation sites excluding steroid dienone is 2. The second kappa shape index (κ2) is 7.83. The molecule has 0 aromatic heterocycles. The lowest BCUT2D eigenvalue weighted by Gasteiger charge is -2.71. The van der Waals surface area contributed by atoms with Crippen molar-refractivity contribution in [3.8, 4) is 0 Å². The molecule has 5 rings (SSSR count). The van der Waals surface area contributed by atoms with Gasteiger partial charge in [-0.3, -0.25) is 9.59 Å². The van der Waals surface area contributed by atoms with Crippen molar-refractivity contribution in [3.63, 3.8) is 0 Å². The minimum Gasteiger partial charge on any atom is -0.481 e. The number of aliphatic carboxylic acids is 1. The van der Waals surface area contributed by atoms with Gasteiger partial charge in [-0.2, -0.15) is 0 Å². The van der Waals surface area contributed by atoms with E-state index in [1.165, 1.54) is 12.7 Å². The quantitative estimate of drug-likeness (QED) is 0.339. The summed E-state index contributed by atoms with van der Waals surface area (Å²) in [6.07, 6.45) is 10.6. The fraction of sp³-hybridized carbons (Fsp3) is 0.871. The molecule has 4 fully saturated rings. The third-order valence-corrected chi connectivity index (χ3v) is 13.5. The fourth-order valence-electron chi connectivity index (χ4n) is 10.9. The molecule has 0 aromatic rings. The third-order valence-electron chi connectivity index (χ3n) is 13.5. The SMILES string of the molecule is COC(=O)[C@@]1(C)CC[C@]2(C(=O)O)CC[C@]3(C)C(=CC[C@H]4[C@@]5(C)CC[C@H](O)C(C)(C)[C@@H]5CC[C@]43C)[C@@H]2C1. The van der Waals surface area contributed by atoms with Crippen LogP contribution in [-0.4, -0.2) is 35.4 Å². The molecule has 5 nitrogen and oxygen atoms in total. The lowest BCUT2D eigenvalue weighted by atomic mass is 9.33. The van der Waals surface area contributed by atoms with Crippen molar-refractivity contribution in [3.05, 3.63) is 11.6 Å². The lowest BCUT2D eigenvalue weighted by molar-refractivity contribution is -0.206. The van der Waals surface area contributed by atoms with E-state index in [1.54, 1.807) is 0 Å². The van der Waals surface area contributed by atoms with Crippen LogP contribution in [0.15, 0.2) is 11.6 Å². The molecule has 0 aliphatic heterocycles. The Morgan fingerprint density at radius 2 is 1.58 bits per heavy atom. The van der Waals surface area contributed by atoms with Gasteiger partial charge in [0.1, 0.15) is 0 Å². The van der Waals surface area contributed by atoms with E-state index in [4.69, 9.17) is 4.74 Å². The lowest BCUT2D eigenvalue weighted by Crippen LogP contribution is -2.65. The normalized spacial score (nSPS) is 51.5. The molecule has 0 aromatic carbocycles. The van der Waals surface area contributed by atoms with E-state index in [9.17, 15) is 19.8 Å². The van der Waals surface area contributed by atoms with Crippen molar-refractivity contribution in [2.45, 2.75) is 112 Å². The standard InChI is InChI=1S/C31H48O5/c1-26(2)21-10-13-30(6)22(28(21,4)12-11-23(26)32)9-8-19-20-18-27(3,25(35)36-7)14-16-31(20,24(33)34)17-15-29(19,30)5/h8,20-23,32H,9-18H2,1-7H3,(H,33,34)/t20-,21-,22-,23-,27-,28-,29+,30+,31-/m0/s1. The number of esters is 1. The molecule has 5 heteroatoms. The number of carbonyl (C=O) groups is 2. The van der Waals surface area contributed by atoms with Gasteiger partial charge >= 0.3 is 11.9 Å². The van der Waals surface area contributed by atoms with Gasteiger partial charge in [-0.05, 0) is 111 Å². The molecule has 0 amide bonds. The van der Waals surface area contributed by atoms with Crippen LogP contribution in [-0.2, 0) is 14.3 Å². The minimum absolute atomic E-state index is 0.0739. The van der Waals surface area contributed by atoms with E-state index in [0.29, 0.717) is 37.5 Å². The summed E-state index contributed by atoms with van der Waals surface area (Å²) in [5.41, 5.74) is -0.0258. The predicted molar refractivity (Wildman–Crippen MR) is 139 cm³/mol. The van der Waals surface area contributed by atoms with Crippen LogP contribution in [0.3, 0.4) is 0 Å². The molecule has 0 bridgehead atoms. The van der Waals surface area contributed by atoms with Gasteiger partial charge in [-0.25, -0.2) is 0 Å². The number of hydrogen-bond donors (Lipinski definition) is 2. The Labute approximate surface area is 217 Å². The molecule has 0 saturated heterocycles. The van der Waals surface area contributed by atoms with Gasteiger partial charge in [0.05, 0.1) is 24.0 Å². The number of carboxylic acid groups (broad SMARTS) is 1. The number of aliphatic hydroxyl groups excluding tert-OH is 1. The van der Waals surface area contributed by atoms with Crippen LogP contribution < -0.4 is 0 Å². The zero-order valence-corrected chi connectivity index (χ0v) is 23.6. The largest absolute Gasteiger partial charge is 0.481 e. The van der Waals surface area contributed by atoms with Gasteiger partial charge in [0.2, 0.25) is 0 Å². The van der Waals surface area contributed by atoms with E-state index in [1.807, 2.05) is 6.92 Å². The number of rotatable bonds is 2. The highest BCUT2D eigenvalue weighted by molar-refractivity contribution is 5.80. The number of fused-ring (bicyclic) bond motifs is 7. The van der Waals surface area contributed by atoms with Crippen LogP contribution in [0.25, 0.3) is 0 Å². The molecule has 0 radical (unpaired) electrons. The smallest absolute Gasteiger partial charge is 0.311 e. The highest BCUT2D eigenvalue weighted by atomic mass is 16.5. The van der Waals surface area contributed by atoms with Gasteiger partial charge in [0.15, 0.2) is 0 Å². The highest BCUT2D eigenvalue weighted by Crippen LogP contribution is 2.75. The number of aliphatic hydroxyl groups is 1. The second-order valence-corrected chi connectivity index (χ2v) is 14.9. The molecule has 36 heavy (non-hydrogen) atoms. The van der Waals surface area contributed by atoms with Gasteiger partial charge in [0, 0.05) is 0 Å². The van der Waals surface area contributed by atoms with Crippen LogP contribution in [0.2, 0.25) is 0 Å². The summed E-state index contributed by atoms with van der Waals surface area (Å²) in [5, 5.41) is 21.5. The van der Waals surface area contributed by atoms with Crippen molar-refractivity contribution >= 4 is 11.9 Å². The molecule has 0 spiro atoms. The Balaban J connectivity index is 1.60. The van der Waals surface area contributed by atoms with Crippen LogP contribution in [0, 0.1) is 50.2 Å². The number of methoxy groups -OCH3 is 1. The first kappa shape index (κ1) is 26.3. The Hall–Kier alpha value is -1.36. The monoisotopic (exact) mass is 500 g/mol. The highest BCUT2D eigenvalue weighted by Gasteiger charge is 2.69. The first-order chi connectivity index (χ1) is 16.6. The number of carbonyl (C=O) groups excluding carboxylic acids is 1. The maximum Gasteiger partial charge on any atom is 0.311 e. The molecule has 4 saturated carbocycles. The van der Waals surface area contributed by atoms with Crippen molar-refractivity contribution in [1.82, 2.24) is 0 Å². The first-order valence-corrected chi connectivity index (χ1v) is 14.3. The average molecular weight is 501 g/mol. The van der Waals surface area contributed by atoms with Crippen molar-refractivity contribution in [1.29, 1.82) is 0 Å². The van der Waals surface area contributed by atoms with Gasteiger partial charge in [0.25, 0.3) is 0 Å². The zero-order valence-electron chi connectivity index (χ0n) is 23.6. The molecule has 9 atom stereocenters. The Morgan fingerprint density at radius 1 is 0.917 bits per heavy atom. The maximum absolute atomic E-state index is 12.9. The third kappa shape index (κ3) is 3.04. The van der Waals surface area contributed by atoms with E-state index >= 15 is 0 Å². The molecule has 5 aliphatic carbocycles. The Bertz CT molecular complexity index is 999. The Kier molecular flexibility index (Phi) is 5.71. The fourth-order valence-corrected chi connectivity index (χ4v) is 10.9. The van der Waals surface area contributed by atoms with E-state index in [-0.39, 0.29) is 39.7 Å². The molecular formula is C31H48O5. The van der Waals surface area contributed by atoms with Gasteiger partial charge in [-0.1, -0.05) is 46.3 Å². The van der Waals surface area contributed by atoms with Crippen molar-refractivity contribution < 1.29 is 24.5 Å². The number of hydrogen-bond acceptors (Lipinski definition) is 4. The molecular weight excluding hydrogens is 452 g/mol. The summed E-state index contributed by atoms with van der Waals surface area (Å²) < 4.78 is 5.21. The molecule has 0 unspecified atom stereocenters. The van der Waals surface area contributed by atoms with E-state index < -0.39 is 16.8 Å². The molecule has 5 aliphatic rings. The van der Waals surface area contributed by atoms with Gasteiger partial charge < -0.3 is 14.9 Å². The van der Waals surface area contributed by atoms with Gasteiger partial charge in [-0.15, -0.1) is 0 Å². The second-order valence-electron chi connectivity index (χ2n) is 14.9. The summed E-state index contributed by atoms with van der Waals surface area (Å²) in [6, 6.07) is 0. The summed E-state index contributed by atoms with van der Waals surface area (Å²) in [4.78, 5) is 25.7. The van der Waals surface area contributed by atoms with E-state index in [2.05, 4.69) is 40.7 Å². The van der Waals surface area contributed by atoms with Crippen molar-refractivity contribution in [2.24, 2.45) is 50.2 Å². The summed E-state index contributed by atoms with van der Waals surface area (Å²) in [6.45, 7) is 13.9. The zero-order chi connectivity index (χ0) is 26.5. The predicted octanol–water partition coefficient (Wildman–Crippen LogP) is 6.39. The first-order valence-electron chi connectivity index (χ1n) is 14.3. The topological polar surface area (TPSA) is 83.8 Å². The van der Waals surface area contributed by atoms with E-state index in [0.717, 1.165) is 38.5 Å². The maximum atomic E-state index is 12.9. The summed E-state index contributed by atoms with van der Waals surface area (Å²) in [7, 11) is 1.45. The van der Waals surface area contributed by atoms with Crippen LogP contribution >= 0.6 is 0 Å². The number of ether oxygens (including phenoxy) is 1. The Morgan fingerprint density at radius 3 is 2.22 bits per heavy atom. The van der Waals surface area contributed by atoms with Crippen molar-refractivity contribution in [2.75, 3.05) is 7.11 Å². The van der Waals surface area contributed by atoms with Crippen LogP contribution in [0.1, 0.15) is 106 Å². The molecule has 202 valence electrons. The number of carboxylic acids is 1. The molecule has 0 heterocycles. The van der Waals surface area contributed by atoms with Crippen LogP contribution in [0.5, 0.6) is 0 Å².